The zero-order chi connectivity index (χ0) is 18.9. The fourth-order valence-corrected chi connectivity index (χ4v) is 4.95. The maximum atomic E-state index is 13.4. The number of nitrogens with zero attached hydrogens (tertiary/aromatic N) is 1. The van der Waals surface area contributed by atoms with Gasteiger partial charge in [-0.05, 0) is 38.5 Å². The summed E-state index contributed by atoms with van der Waals surface area (Å²) >= 11 is 0. The van der Waals surface area contributed by atoms with Crippen molar-refractivity contribution in [2.75, 3.05) is 4.31 Å². The van der Waals surface area contributed by atoms with Crippen molar-refractivity contribution >= 4 is 15.7 Å². The van der Waals surface area contributed by atoms with E-state index in [4.69, 9.17) is 0 Å². The van der Waals surface area contributed by atoms with Gasteiger partial charge in [-0.25, -0.2) is 12.7 Å². The van der Waals surface area contributed by atoms with Crippen molar-refractivity contribution in [2.24, 2.45) is 0 Å². The molecule has 3 rings (SSSR count). The molecule has 0 fully saturated rings. The number of aryl methyl sites for hydroxylation is 1. The monoisotopic (exact) mass is 371 g/mol. The molecule has 0 aromatic heterocycles. The van der Waals surface area contributed by atoms with Crippen LogP contribution in [0.2, 0.25) is 0 Å². The van der Waals surface area contributed by atoms with Crippen LogP contribution in [0.25, 0.3) is 0 Å². The van der Waals surface area contributed by atoms with E-state index in [1.165, 1.54) is 4.31 Å². The van der Waals surface area contributed by atoms with Crippen LogP contribution >= 0.6 is 0 Å². The van der Waals surface area contributed by atoms with Crippen LogP contribution < -0.4 is 4.31 Å². The van der Waals surface area contributed by atoms with Crippen molar-refractivity contribution in [2.45, 2.75) is 50.5 Å². The molecule has 0 aliphatic carbocycles. The smallest absolute Gasteiger partial charge is 0.268 e. The number of allylic oxidation sites excluding steroid dienone is 1. The number of anilines is 1. The van der Waals surface area contributed by atoms with Gasteiger partial charge in [0.25, 0.3) is 10.0 Å². The minimum Gasteiger partial charge on any atom is -0.379 e. The first-order valence-electron chi connectivity index (χ1n) is 8.94. The number of sulfonamides is 1. The molecule has 0 saturated heterocycles. The van der Waals surface area contributed by atoms with Crippen LogP contribution in [0.4, 0.5) is 5.69 Å². The summed E-state index contributed by atoms with van der Waals surface area (Å²) in [5.41, 5.74) is 1.19. The Morgan fingerprint density at radius 3 is 2.42 bits per heavy atom. The topological polar surface area (TPSA) is 57.6 Å². The lowest BCUT2D eigenvalue weighted by Gasteiger charge is -2.26. The lowest BCUT2D eigenvalue weighted by molar-refractivity contribution is 0.103. The van der Waals surface area contributed by atoms with Crippen LogP contribution in [0, 0.1) is 6.92 Å². The Morgan fingerprint density at radius 2 is 1.77 bits per heavy atom. The highest BCUT2D eigenvalue weighted by molar-refractivity contribution is 7.93. The van der Waals surface area contributed by atoms with Crippen LogP contribution in [0.5, 0.6) is 0 Å². The average molecular weight is 372 g/mol. The van der Waals surface area contributed by atoms with Crippen LogP contribution in [0.15, 0.2) is 65.2 Å². The van der Waals surface area contributed by atoms with Crippen molar-refractivity contribution in [3.05, 3.63) is 71.4 Å². The number of hydrogen-bond donors (Lipinski definition) is 1. The third-order valence-electron chi connectivity index (χ3n) is 4.82. The predicted octanol–water partition coefficient (Wildman–Crippen LogP) is 4.49. The molecule has 1 aliphatic heterocycles. The lowest BCUT2D eigenvalue weighted by atomic mass is 9.95. The second kappa shape index (κ2) is 6.89. The maximum Gasteiger partial charge on any atom is 0.268 e. The quantitative estimate of drug-likeness (QED) is 0.788. The van der Waals surface area contributed by atoms with E-state index in [1.54, 1.807) is 49.4 Å². The van der Waals surface area contributed by atoms with E-state index in [-0.39, 0.29) is 4.90 Å². The highest BCUT2D eigenvalue weighted by atomic mass is 32.2. The SMILES string of the molecule is CCCC/C=C1\N(S(=O)(=O)c2ccc(C)cc2)c2ccccc2C1(C)O. The van der Waals surface area contributed by atoms with E-state index in [0.29, 0.717) is 16.9 Å². The Morgan fingerprint density at radius 1 is 1.12 bits per heavy atom. The number of para-hydroxylation sites is 1. The van der Waals surface area contributed by atoms with Crippen LogP contribution in [-0.4, -0.2) is 13.5 Å². The van der Waals surface area contributed by atoms with E-state index < -0.39 is 15.6 Å². The Hall–Kier alpha value is -2.11. The minimum absolute atomic E-state index is 0.219. The van der Waals surface area contributed by atoms with Gasteiger partial charge in [-0.1, -0.05) is 61.7 Å². The summed E-state index contributed by atoms with van der Waals surface area (Å²) in [7, 11) is -3.82. The number of hydrogen-bond acceptors (Lipinski definition) is 3. The highest BCUT2D eigenvalue weighted by Gasteiger charge is 2.47. The first kappa shape index (κ1) is 18.7. The first-order chi connectivity index (χ1) is 12.3. The molecular weight excluding hydrogens is 346 g/mol. The van der Waals surface area contributed by atoms with Crippen LogP contribution in [0.3, 0.4) is 0 Å². The van der Waals surface area contributed by atoms with Gasteiger partial charge >= 0.3 is 0 Å². The largest absolute Gasteiger partial charge is 0.379 e. The van der Waals surface area contributed by atoms with Crippen molar-refractivity contribution < 1.29 is 13.5 Å². The number of unbranched alkanes of at least 4 members (excludes halogenated alkanes) is 2. The second-order valence-corrected chi connectivity index (χ2v) is 8.69. The summed E-state index contributed by atoms with van der Waals surface area (Å²) < 4.78 is 28.1. The summed E-state index contributed by atoms with van der Waals surface area (Å²) in [4.78, 5) is 0.219. The Labute approximate surface area is 155 Å². The highest BCUT2D eigenvalue weighted by Crippen LogP contribution is 2.48. The molecule has 5 heteroatoms. The van der Waals surface area contributed by atoms with Crippen molar-refractivity contribution in [1.82, 2.24) is 0 Å². The van der Waals surface area contributed by atoms with Gasteiger partial charge in [0.1, 0.15) is 5.60 Å². The zero-order valence-corrected chi connectivity index (χ0v) is 16.3. The molecule has 4 nitrogen and oxygen atoms in total. The molecule has 1 N–H and O–H groups in total. The molecule has 26 heavy (non-hydrogen) atoms. The summed E-state index contributed by atoms with van der Waals surface area (Å²) in [6, 6.07) is 13.9. The fraction of sp³-hybridized carbons (Fsp3) is 0.333. The predicted molar refractivity (Wildman–Crippen MR) is 104 cm³/mol. The maximum absolute atomic E-state index is 13.4. The van der Waals surface area contributed by atoms with E-state index in [0.717, 1.165) is 24.8 Å². The number of fused-ring (bicyclic) bond motifs is 1. The zero-order valence-electron chi connectivity index (χ0n) is 15.4. The van der Waals surface area contributed by atoms with E-state index in [9.17, 15) is 13.5 Å². The number of rotatable bonds is 5. The van der Waals surface area contributed by atoms with Gasteiger partial charge < -0.3 is 5.11 Å². The van der Waals surface area contributed by atoms with Crippen molar-refractivity contribution in [3.63, 3.8) is 0 Å². The number of benzene rings is 2. The molecule has 0 radical (unpaired) electrons. The normalized spacial score (nSPS) is 21.2. The molecular formula is C21H25NO3S. The number of aliphatic hydroxyl groups is 1. The minimum atomic E-state index is -3.82. The molecule has 1 unspecified atom stereocenters. The van der Waals surface area contributed by atoms with Gasteiger partial charge in [-0.3, -0.25) is 0 Å². The van der Waals surface area contributed by atoms with Gasteiger partial charge in [0.2, 0.25) is 0 Å². The summed E-state index contributed by atoms with van der Waals surface area (Å²) in [5.74, 6) is 0. The Balaban J connectivity index is 2.18. The Kier molecular flexibility index (Phi) is 4.95. The van der Waals surface area contributed by atoms with Gasteiger partial charge in [0.05, 0.1) is 16.3 Å². The molecule has 0 bridgehead atoms. The van der Waals surface area contributed by atoms with Crippen LogP contribution in [0.1, 0.15) is 44.2 Å². The molecule has 2 aromatic carbocycles. The Bertz CT molecular complexity index is 928. The molecule has 2 aromatic rings. The first-order valence-corrected chi connectivity index (χ1v) is 10.4. The molecule has 0 spiro atoms. The third kappa shape index (κ3) is 3.06. The van der Waals surface area contributed by atoms with Crippen molar-refractivity contribution in [1.29, 1.82) is 0 Å². The average Bonchev–Trinajstić information content (AvgIpc) is 2.84. The molecule has 1 aliphatic rings. The lowest BCUT2D eigenvalue weighted by Crippen LogP contribution is -2.33. The van der Waals surface area contributed by atoms with Crippen molar-refractivity contribution in [3.8, 4) is 0 Å². The van der Waals surface area contributed by atoms with Gasteiger partial charge in [-0.2, -0.15) is 0 Å². The van der Waals surface area contributed by atoms with E-state index in [1.807, 2.05) is 19.1 Å². The third-order valence-corrected chi connectivity index (χ3v) is 6.56. The standard InChI is InChI=1S/C21H25NO3S/c1-4-5-6-11-20-21(3,23)18-9-7-8-10-19(18)22(20)26(24,25)17-14-12-16(2)13-15-17/h7-15,23H,4-6H2,1-3H3/b20-11-. The summed E-state index contributed by atoms with van der Waals surface area (Å²) in [6.45, 7) is 5.66. The molecule has 1 heterocycles. The van der Waals surface area contributed by atoms with Gasteiger partial charge in [0, 0.05) is 5.56 Å². The van der Waals surface area contributed by atoms with Gasteiger partial charge in [-0.15, -0.1) is 0 Å². The van der Waals surface area contributed by atoms with E-state index in [2.05, 4.69) is 6.92 Å². The van der Waals surface area contributed by atoms with E-state index >= 15 is 0 Å². The summed E-state index contributed by atoms with van der Waals surface area (Å²) in [5, 5.41) is 11.2. The van der Waals surface area contributed by atoms with Crippen LogP contribution in [-0.2, 0) is 15.6 Å². The second-order valence-electron chi connectivity index (χ2n) is 6.90. The fourth-order valence-electron chi connectivity index (χ4n) is 3.33. The molecule has 0 saturated carbocycles. The summed E-state index contributed by atoms with van der Waals surface area (Å²) in [6.07, 6.45) is 4.52. The molecule has 138 valence electrons. The van der Waals surface area contributed by atoms with Gasteiger partial charge in [0.15, 0.2) is 0 Å². The molecule has 1 atom stereocenters. The molecule has 0 amide bonds.